The number of likely N-dealkylation sites (N-methyl/N-ethyl adjacent to an activating group) is 1. The lowest BCUT2D eigenvalue weighted by Gasteiger charge is -2.34. The van der Waals surface area contributed by atoms with Gasteiger partial charge in [-0.3, -0.25) is 9.52 Å². The smallest absolute Gasteiger partial charge is 0.321 e. The maximum atomic E-state index is 13.6. The van der Waals surface area contributed by atoms with Gasteiger partial charge in [-0.15, -0.1) is 0 Å². The van der Waals surface area contributed by atoms with E-state index in [1.165, 1.54) is 29.2 Å². The van der Waals surface area contributed by atoms with E-state index in [1.807, 2.05) is 49.4 Å². The molecular weight excluding hydrogens is 628 g/mol. The van der Waals surface area contributed by atoms with Gasteiger partial charge in [-0.25, -0.2) is 13.2 Å². The minimum atomic E-state index is -3.94. The molecule has 5 rings (SSSR count). The summed E-state index contributed by atoms with van der Waals surface area (Å²) in [5.74, 6) is -0.0699. The SMILES string of the molecule is C[C@H](CO)N1C[C@H](C)[C@H](CN(C)C(=O)Nc2cccc3ccccc23)Oc2ccc(NS(=O)(=O)c3ccc(Cl)cc3)cc2CC1=O. The molecule has 10 nitrogen and oxygen atoms in total. The molecule has 0 aromatic heterocycles. The average molecular weight is 665 g/mol. The van der Waals surface area contributed by atoms with E-state index < -0.39 is 22.2 Å². The highest BCUT2D eigenvalue weighted by Gasteiger charge is 2.32. The fourth-order valence-corrected chi connectivity index (χ4v) is 6.61. The number of aliphatic hydroxyl groups is 1. The minimum absolute atomic E-state index is 0.0365. The number of hydrogen-bond acceptors (Lipinski definition) is 6. The lowest BCUT2D eigenvalue weighted by molar-refractivity contribution is -0.134. The lowest BCUT2D eigenvalue weighted by Crippen LogP contribution is -2.48. The first kappa shape index (κ1) is 33.1. The van der Waals surface area contributed by atoms with Crippen molar-refractivity contribution in [3.05, 3.63) is 95.5 Å². The zero-order valence-electron chi connectivity index (χ0n) is 25.8. The number of benzene rings is 4. The Morgan fingerprint density at radius 1 is 1.09 bits per heavy atom. The summed E-state index contributed by atoms with van der Waals surface area (Å²) in [7, 11) is -2.26. The van der Waals surface area contributed by atoms with Crippen LogP contribution in [0.25, 0.3) is 10.8 Å². The second kappa shape index (κ2) is 14.0. The largest absolute Gasteiger partial charge is 0.488 e. The van der Waals surface area contributed by atoms with Crippen molar-refractivity contribution in [3.8, 4) is 5.75 Å². The fraction of sp³-hybridized carbons (Fsp3) is 0.294. The maximum Gasteiger partial charge on any atom is 0.321 e. The van der Waals surface area contributed by atoms with Crippen molar-refractivity contribution in [2.24, 2.45) is 5.92 Å². The Balaban J connectivity index is 1.41. The number of hydrogen-bond donors (Lipinski definition) is 3. The highest BCUT2D eigenvalue weighted by Crippen LogP contribution is 2.31. The molecule has 4 aromatic carbocycles. The van der Waals surface area contributed by atoms with E-state index >= 15 is 0 Å². The molecule has 1 aliphatic heterocycles. The van der Waals surface area contributed by atoms with Gasteiger partial charge in [-0.1, -0.05) is 54.9 Å². The van der Waals surface area contributed by atoms with E-state index in [4.69, 9.17) is 16.3 Å². The van der Waals surface area contributed by atoms with Crippen LogP contribution in [0.5, 0.6) is 5.75 Å². The molecule has 0 saturated heterocycles. The van der Waals surface area contributed by atoms with Gasteiger partial charge in [-0.2, -0.15) is 0 Å². The Morgan fingerprint density at radius 3 is 2.54 bits per heavy atom. The highest BCUT2D eigenvalue weighted by molar-refractivity contribution is 7.92. The van der Waals surface area contributed by atoms with Gasteiger partial charge in [0.05, 0.1) is 36.2 Å². The third-order valence-electron chi connectivity index (χ3n) is 8.12. The van der Waals surface area contributed by atoms with Crippen LogP contribution in [0.4, 0.5) is 16.2 Å². The van der Waals surface area contributed by atoms with E-state index in [-0.39, 0.29) is 54.6 Å². The number of amides is 3. The van der Waals surface area contributed by atoms with Crippen molar-refractivity contribution in [1.82, 2.24) is 9.80 Å². The second-order valence-electron chi connectivity index (χ2n) is 11.6. The monoisotopic (exact) mass is 664 g/mol. The van der Waals surface area contributed by atoms with Crippen molar-refractivity contribution in [2.45, 2.75) is 37.3 Å². The number of nitrogens with one attached hydrogen (secondary N) is 2. The number of halogens is 1. The summed E-state index contributed by atoms with van der Waals surface area (Å²) in [4.78, 5) is 30.1. The Labute approximate surface area is 274 Å². The van der Waals surface area contributed by atoms with Gasteiger partial charge in [0.15, 0.2) is 0 Å². The van der Waals surface area contributed by atoms with Crippen LogP contribution in [0.3, 0.4) is 0 Å². The van der Waals surface area contributed by atoms with E-state index in [9.17, 15) is 23.1 Å². The van der Waals surface area contributed by atoms with E-state index in [2.05, 4.69) is 10.0 Å². The summed E-state index contributed by atoms with van der Waals surface area (Å²) in [6.45, 7) is 3.95. The van der Waals surface area contributed by atoms with Gasteiger partial charge >= 0.3 is 6.03 Å². The van der Waals surface area contributed by atoms with Crippen LogP contribution in [0.2, 0.25) is 5.02 Å². The first-order chi connectivity index (χ1) is 21.9. The predicted octanol–water partition coefficient (Wildman–Crippen LogP) is 5.61. The molecule has 242 valence electrons. The molecule has 0 spiro atoms. The number of fused-ring (bicyclic) bond motifs is 2. The average Bonchev–Trinajstić information content (AvgIpc) is 3.08. The fourth-order valence-electron chi connectivity index (χ4n) is 5.44. The summed E-state index contributed by atoms with van der Waals surface area (Å²) in [5, 5.41) is 15.3. The molecule has 3 N–H and O–H groups in total. The molecule has 0 fully saturated rings. The van der Waals surface area contributed by atoms with Crippen LogP contribution in [0.15, 0.2) is 89.8 Å². The third-order valence-corrected chi connectivity index (χ3v) is 9.77. The van der Waals surface area contributed by atoms with Gasteiger partial charge in [-0.05, 0) is 60.8 Å². The first-order valence-electron chi connectivity index (χ1n) is 14.9. The molecule has 46 heavy (non-hydrogen) atoms. The zero-order valence-corrected chi connectivity index (χ0v) is 27.4. The molecule has 0 saturated carbocycles. The molecule has 12 heteroatoms. The quantitative estimate of drug-likeness (QED) is 0.225. The molecule has 0 bridgehead atoms. The number of sulfonamides is 1. The van der Waals surface area contributed by atoms with Crippen molar-refractivity contribution < 1.29 is 27.9 Å². The van der Waals surface area contributed by atoms with Gasteiger partial charge in [0.2, 0.25) is 5.91 Å². The van der Waals surface area contributed by atoms with Crippen molar-refractivity contribution in [2.75, 3.05) is 36.8 Å². The lowest BCUT2D eigenvalue weighted by atomic mass is 10.0. The number of urea groups is 1. The third kappa shape index (κ3) is 7.55. The molecule has 0 aliphatic carbocycles. The normalized spacial score (nSPS) is 17.6. The first-order valence-corrected chi connectivity index (χ1v) is 16.8. The number of rotatable bonds is 8. The van der Waals surface area contributed by atoms with Crippen LogP contribution in [-0.2, 0) is 21.2 Å². The van der Waals surface area contributed by atoms with Crippen LogP contribution in [-0.4, -0.2) is 74.2 Å². The summed E-state index contributed by atoms with van der Waals surface area (Å²) in [5.41, 5.74) is 1.41. The molecule has 0 unspecified atom stereocenters. The molecule has 0 radical (unpaired) electrons. The predicted molar refractivity (Wildman–Crippen MR) is 180 cm³/mol. The van der Waals surface area contributed by atoms with Crippen LogP contribution < -0.4 is 14.8 Å². The standard InChI is InChI=1S/C34H37ClN4O6S/c1-22-19-39(23(2)21-40)33(41)18-25-17-27(37-46(43,44)28-14-11-26(35)12-15-28)13-16-31(25)45-32(22)20-38(3)34(42)36-30-10-6-8-24-7-4-5-9-29(24)30/h4-17,22-23,32,37,40H,18-21H2,1-3H3,(H,36,42)/t22-,23+,32-/m0/s1. The van der Waals surface area contributed by atoms with Gasteiger partial charge in [0.1, 0.15) is 11.9 Å². The van der Waals surface area contributed by atoms with Crippen molar-refractivity contribution >= 4 is 55.7 Å². The van der Waals surface area contributed by atoms with Gasteiger partial charge < -0.3 is 25.0 Å². The van der Waals surface area contributed by atoms with Crippen LogP contribution >= 0.6 is 11.6 Å². The molecule has 1 aliphatic rings. The molecule has 4 aromatic rings. The number of ether oxygens (including phenoxy) is 1. The second-order valence-corrected chi connectivity index (χ2v) is 13.7. The summed E-state index contributed by atoms with van der Waals surface area (Å²) in [6, 6.07) is 23.3. The van der Waals surface area contributed by atoms with E-state index in [1.54, 1.807) is 37.1 Å². The molecular formula is C34H37ClN4O6S. The number of nitrogens with zero attached hydrogens (tertiary/aromatic N) is 2. The van der Waals surface area contributed by atoms with Crippen LogP contribution in [0.1, 0.15) is 19.4 Å². The van der Waals surface area contributed by atoms with Crippen LogP contribution in [0, 0.1) is 5.92 Å². The minimum Gasteiger partial charge on any atom is -0.488 e. The summed E-state index contributed by atoms with van der Waals surface area (Å²) in [6.07, 6.45) is -0.620. The van der Waals surface area contributed by atoms with Crippen molar-refractivity contribution in [1.29, 1.82) is 0 Å². The summed E-state index contributed by atoms with van der Waals surface area (Å²) >= 11 is 5.92. The maximum absolute atomic E-state index is 13.6. The molecule has 1 heterocycles. The Kier molecular flexibility index (Phi) is 10.0. The number of carbonyl (C=O) groups excluding carboxylic acids is 2. The highest BCUT2D eigenvalue weighted by atomic mass is 35.5. The van der Waals surface area contributed by atoms with E-state index in [0.717, 1.165) is 10.8 Å². The Morgan fingerprint density at radius 2 is 1.80 bits per heavy atom. The van der Waals surface area contributed by atoms with Gasteiger partial charge in [0, 0.05) is 41.2 Å². The number of carbonyl (C=O) groups is 2. The van der Waals surface area contributed by atoms with Gasteiger partial charge in [0.25, 0.3) is 10.0 Å². The topological polar surface area (TPSA) is 128 Å². The Bertz CT molecular complexity index is 1830. The Hall–Kier alpha value is -4.32. The van der Waals surface area contributed by atoms with Crippen molar-refractivity contribution in [3.63, 3.8) is 0 Å². The molecule has 3 amide bonds. The van der Waals surface area contributed by atoms with E-state index in [0.29, 0.717) is 22.0 Å². The molecule has 3 atom stereocenters. The number of anilines is 2. The number of aliphatic hydroxyl groups excluding tert-OH is 1. The zero-order chi connectivity index (χ0) is 33.0. The summed E-state index contributed by atoms with van der Waals surface area (Å²) < 4.78 is 35.2.